The SMILES string of the molecule is C=CC(Br)C(C)C. The quantitative estimate of drug-likeness (QED) is 0.433. The zero-order chi connectivity index (χ0) is 5.86. The molecule has 1 atom stereocenters. The molecule has 42 valence electrons. The van der Waals surface area contributed by atoms with Crippen LogP contribution >= 0.6 is 15.9 Å². The summed E-state index contributed by atoms with van der Waals surface area (Å²) in [5.74, 6) is 0.664. The van der Waals surface area contributed by atoms with Crippen LogP contribution < -0.4 is 0 Å². The Morgan fingerprint density at radius 2 is 2.00 bits per heavy atom. The Labute approximate surface area is 53.7 Å². The molecule has 0 aromatic rings. The van der Waals surface area contributed by atoms with E-state index in [9.17, 15) is 0 Å². The fourth-order valence-electron chi connectivity index (χ4n) is 0.272. The smallest absolute Gasteiger partial charge is 0.0345 e. The summed E-state index contributed by atoms with van der Waals surface area (Å²) in [6.45, 7) is 7.94. The molecule has 0 nitrogen and oxygen atoms in total. The van der Waals surface area contributed by atoms with E-state index in [4.69, 9.17) is 0 Å². The summed E-state index contributed by atoms with van der Waals surface area (Å²) < 4.78 is 0. The molecule has 1 unspecified atom stereocenters. The predicted molar refractivity (Wildman–Crippen MR) is 37.8 cm³/mol. The van der Waals surface area contributed by atoms with E-state index in [-0.39, 0.29) is 0 Å². The average Bonchev–Trinajstić information content (AvgIpc) is 1.65. The van der Waals surface area contributed by atoms with Crippen molar-refractivity contribution in [3.05, 3.63) is 12.7 Å². The molecule has 0 spiro atoms. The summed E-state index contributed by atoms with van der Waals surface area (Å²) in [4.78, 5) is 0.479. The van der Waals surface area contributed by atoms with E-state index in [1.54, 1.807) is 0 Å². The standard InChI is InChI=1S/C6H11Br/c1-4-6(7)5(2)3/h4-6H,1H2,2-3H3. The van der Waals surface area contributed by atoms with Crippen LogP contribution in [0.4, 0.5) is 0 Å². The van der Waals surface area contributed by atoms with Crippen LogP contribution in [-0.2, 0) is 0 Å². The molecule has 0 aromatic carbocycles. The first kappa shape index (κ1) is 7.22. The molecular weight excluding hydrogens is 152 g/mol. The highest BCUT2D eigenvalue weighted by atomic mass is 79.9. The van der Waals surface area contributed by atoms with Crippen molar-refractivity contribution in [2.45, 2.75) is 18.7 Å². The highest BCUT2D eigenvalue weighted by molar-refractivity contribution is 9.09. The Kier molecular flexibility index (Phi) is 3.35. The van der Waals surface area contributed by atoms with Crippen LogP contribution in [0.25, 0.3) is 0 Å². The fourth-order valence-corrected chi connectivity index (χ4v) is 0.272. The van der Waals surface area contributed by atoms with Gasteiger partial charge in [0.2, 0.25) is 0 Å². The second-order valence-electron chi connectivity index (χ2n) is 1.92. The van der Waals surface area contributed by atoms with Gasteiger partial charge in [0.25, 0.3) is 0 Å². The van der Waals surface area contributed by atoms with Crippen LogP contribution in [-0.4, -0.2) is 4.83 Å². The maximum absolute atomic E-state index is 3.63. The number of allylic oxidation sites excluding steroid dienone is 1. The van der Waals surface area contributed by atoms with Gasteiger partial charge in [-0.25, -0.2) is 0 Å². The second kappa shape index (κ2) is 3.25. The molecule has 0 fully saturated rings. The second-order valence-corrected chi connectivity index (χ2v) is 2.98. The highest BCUT2D eigenvalue weighted by Crippen LogP contribution is 2.11. The van der Waals surface area contributed by atoms with Crippen LogP contribution in [0.5, 0.6) is 0 Å². The van der Waals surface area contributed by atoms with Crippen molar-refractivity contribution in [2.24, 2.45) is 5.92 Å². The lowest BCUT2D eigenvalue weighted by Crippen LogP contribution is -2.00. The van der Waals surface area contributed by atoms with E-state index in [2.05, 4.69) is 36.4 Å². The number of alkyl halides is 1. The molecule has 0 aliphatic carbocycles. The molecular formula is C6H11Br. The third kappa shape index (κ3) is 2.86. The van der Waals surface area contributed by atoms with Gasteiger partial charge >= 0.3 is 0 Å². The van der Waals surface area contributed by atoms with Crippen molar-refractivity contribution in [2.75, 3.05) is 0 Å². The van der Waals surface area contributed by atoms with Crippen LogP contribution in [0, 0.1) is 5.92 Å². The number of hydrogen-bond acceptors (Lipinski definition) is 0. The highest BCUT2D eigenvalue weighted by Gasteiger charge is 2.00. The van der Waals surface area contributed by atoms with Crippen molar-refractivity contribution in [1.82, 2.24) is 0 Å². The molecule has 1 heteroatoms. The molecule has 0 aliphatic heterocycles. The largest absolute Gasteiger partial charge is 0.102 e. The molecule has 0 amide bonds. The first-order valence-corrected chi connectivity index (χ1v) is 3.36. The molecule has 0 heterocycles. The van der Waals surface area contributed by atoms with E-state index in [0.29, 0.717) is 10.7 Å². The van der Waals surface area contributed by atoms with Gasteiger partial charge in [0.05, 0.1) is 0 Å². The lowest BCUT2D eigenvalue weighted by molar-refractivity contribution is 0.687. The third-order valence-corrected chi connectivity index (χ3v) is 2.29. The van der Waals surface area contributed by atoms with Gasteiger partial charge in [-0.2, -0.15) is 0 Å². The normalized spacial score (nSPS) is 14.3. The van der Waals surface area contributed by atoms with Crippen LogP contribution in [0.1, 0.15) is 13.8 Å². The Morgan fingerprint density at radius 3 is 2.00 bits per heavy atom. The van der Waals surface area contributed by atoms with E-state index >= 15 is 0 Å². The monoisotopic (exact) mass is 162 g/mol. The Bertz CT molecular complexity index is 57.2. The average molecular weight is 163 g/mol. The molecule has 7 heavy (non-hydrogen) atoms. The van der Waals surface area contributed by atoms with Crippen LogP contribution in [0.15, 0.2) is 12.7 Å². The Hall–Kier alpha value is 0.220. The predicted octanol–water partition coefficient (Wildman–Crippen LogP) is 2.59. The molecule has 0 bridgehead atoms. The molecule has 0 radical (unpaired) electrons. The molecule has 0 saturated carbocycles. The van der Waals surface area contributed by atoms with Gasteiger partial charge in [-0.1, -0.05) is 35.9 Å². The van der Waals surface area contributed by atoms with Gasteiger partial charge < -0.3 is 0 Å². The minimum absolute atomic E-state index is 0.479. The summed E-state index contributed by atoms with van der Waals surface area (Å²) in [6.07, 6.45) is 1.91. The van der Waals surface area contributed by atoms with E-state index in [1.165, 1.54) is 0 Å². The molecule has 0 N–H and O–H groups in total. The molecule has 0 aliphatic rings. The van der Waals surface area contributed by atoms with Crippen molar-refractivity contribution >= 4 is 15.9 Å². The van der Waals surface area contributed by atoms with Crippen LogP contribution in [0.2, 0.25) is 0 Å². The summed E-state index contributed by atoms with van der Waals surface area (Å²) in [6, 6.07) is 0. The molecule has 0 rings (SSSR count). The zero-order valence-electron chi connectivity index (χ0n) is 4.82. The van der Waals surface area contributed by atoms with Gasteiger partial charge in [0.15, 0.2) is 0 Å². The lowest BCUT2D eigenvalue weighted by atomic mass is 10.1. The third-order valence-electron chi connectivity index (χ3n) is 0.862. The van der Waals surface area contributed by atoms with Gasteiger partial charge in [0, 0.05) is 4.83 Å². The maximum Gasteiger partial charge on any atom is 0.0345 e. The van der Waals surface area contributed by atoms with E-state index in [1.807, 2.05) is 6.08 Å². The summed E-state index contributed by atoms with van der Waals surface area (Å²) >= 11 is 3.42. The maximum atomic E-state index is 3.63. The van der Waals surface area contributed by atoms with Crippen molar-refractivity contribution < 1.29 is 0 Å². The minimum Gasteiger partial charge on any atom is -0.102 e. The topological polar surface area (TPSA) is 0 Å². The van der Waals surface area contributed by atoms with Gasteiger partial charge in [-0.3, -0.25) is 0 Å². The van der Waals surface area contributed by atoms with Crippen molar-refractivity contribution in [3.63, 3.8) is 0 Å². The minimum atomic E-state index is 0.479. The molecule has 0 saturated heterocycles. The Morgan fingerprint density at radius 1 is 1.57 bits per heavy atom. The summed E-state index contributed by atoms with van der Waals surface area (Å²) in [5, 5.41) is 0. The van der Waals surface area contributed by atoms with Crippen molar-refractivity contribution in [3.8, 4) is 0 Å². The molecule has 0 aromatic heterocycles. The zero-order valence-corrected chi connectivity index (χ0v) is 6.40. The van der Waals surface area contributed by atoms with E-state index in [0.717, 1.165) is 0 Å². The first-order chi connectivity index (χ1) is 3.18. The van der Waals surface area contributed by atoms with Crippen LogP contribution in [0.3, 0.4) is 0 Å². The fraction of sp³-hybridized carbons (Fsp3) is 0.667. The number of rotatable bonds is 2. The summed E-state index contributed by atoms with van der Waals surface area (Å²) in [5.41, 5.74) is 0. The number of halogens is 1. The van der Waals surface area contributed by atoms with E-state index < -0.39 is 0 Å². The Balaban J connectivity index is 3.33. The summed E-state index contributed by atoms with van der Waals surface area (Å²) in [7, 11) is 0. The van der Waals surface area contributed by atoms with Gasteiger partial charge in [-0.15, -0.1) is 6.58 Å². The van der Waals surface area contributed by atoms with Crippen molar-refractivity contribution in [1.29, 1.82) is 0 Å². The number of hydrogen-bond donors (Lipinski definition) is 0. The first-order valence-electron chi connectivity index (χ1n) is 2.45. The lowest BCUT2D eigenvalue weighted by Gasteiger charge is -2.05. The van der Waals surface area contributed by atoms with Gasteiger partial charge in [-0.05, 0) is 5.92 Å². The van der Waals surface area contributed by atoms with Gasteiger partial charge in [0.1, 0.15) is 0 Å².